The molecule has 0 bridgehead atoms. The van der Waals surface area contributed by atoms with E-state index in [-0.39, 0.29) is 0 Å². The summed E-state index contributed by atoms with van der Waals surface area (Å²) in [5.74, 6) is 0. The van der Waals surface area contributed by atoms with Gasteiger partial charge in [-0.05, 0) is 36.8 Å². The van der Waals surface area contributed by atoms with E-state index in [0.717, 1.165) is 27.2 Å². The lowest BCUT2D eigenvalue weighted by atomic mass is 10.2. The SMILES string of the molecule is Cc1ccc([S+]([O-])n2ccc3nc(/C=C/c4ccccc4)cnc32)cc1. The lowest BCUT2D eigenvalue weighted by molar-refractivity contribution is 0.587. The van der Waals surface area contributed by atoms with Crippen LogP contribution >= 0.6 is 0 Å². The molecule has 4 nitrogen and oxygen atoms in total. The van der Waals surface area contributed by atoms with Crippen LogP contribution in [0.15, 0.2) is 78.0 Å². The van der Waals surface area contributed by atoms with Gasteiger partial charge in [-0.15, -0.1) is 3.97 Å². The third-order valence-electron chi connectivity index (χ3n) is 4.02. The minimum Gasteiger partial charge on any atom is -0.587 e. The molecule has 1 atom stereocenters. The number of nitrogens with zero attached hydrogens (tertiary/aromatic N) is 3. The lowest BCUT2D eigenvalue weighted by Gasteiger charge is -2.10. The Labute approximate surface area is 155 Å². The van der Waals surface area contributed by atoms with Gasteiger partial charge in [-0.1, -0.05) is 54.1 Å². The van der Waals surface area contributed by atoms with E-state index in [0.29, 0.717) is 5.65 Å². The van der Waals surface area contributed by atoms with Gasteiger partial charge in [0.1, 0.15) is 16.9 Å². The minimum atomic E-state index is -1.34. The van der Waals surface area contributed by atoms with Crippen LogP contribution in [0, 0.1) is 6.92 Å². The van der Waals surface area contributed by atoms with Crippen molar-refractivity contribution in [2.45, 2.75) is 11.8 Å². The molecular weight excluding hydrogens is 342 g/mol. The molecule has 0 aliphatic heterocycles. The van der Waals surface area contributed by atoms with Crippen molar-refractivity contribution < 1.29 is 4.55 Å². The highest BCUT2D eigenvalue weighted by Gasteiger charge is 2.18. The van der Waals surface area contributed by atoms with Gasteiger partial charge in [0, 0.05) is 0 Å². The second-order valence-electron chi connectivity index (χ2n) is 5.95. The van der Waals surface area contributed by atoms with Crippen LogP contribution in [-0.4, -0.2) is 18.5 Å². The van der Waals surface area contributed by atoms with Crippen molar-refractivity contribution >= 4 is 34.7 Å². The van der Waals surface area contributed by atoms with Crippen molar-refractivity contribution in [3.8, 4) is 0 Å². The molecule has 0 saturated heterocycles. The first-order valence-corrected chi connectivity index (χ1v) is 9.37. The Kier molecular flexibility index (Phi) is 4.56. The molecule has 4 rings (SSSR count). The average molecular weight is 359 g/mol. The Morgan fingerprint density at radius 2 is 1.73 bits per heavy atom. The van der Waals surface area contributed by atoms with Gasteiger partial charge in [-0.25, -0.2) is 9.97 Å². The predicted molar refractivity (Wildman–Crippen MR) is 106 cm³/mol. The fourth-order valence-corrected chi connectivity index (χ4v) is 3.70. The lowest BCUT2D eigenvalue weighted by Crippen LogP contribution is -2.12. The number of hydrogen-bond acceptors (Lipinski definition) is 3. The quantitative estimate of drug-likeness (QED) is 0.505. The number of benzene rings is 2. The number of hydrogen-bond donors (Lipinski definition) is 0. The van der Waals surface area contributed by atoms with E-state index in [1.54, 1.807) is 16.4 Å². The highest BCUT2D eigenvalue weighted by molar-refractivity contribution is 7.90. The van der Waals surface area contributed by atoms with Crippen LogP contribution in [0.3, 0.4) is 0 Å². The summed E-state index contributed by atoms with van der Waals surface area (Å²) >= 11 is -1.34. The monoisotopic (exact) mass is 359 g/mol. The Bertz CT molecular complexity index is 1060. The first-order valence-electron chi connectivity index (χ1n) is 8.27. The molecule has 0 aliphatic carbocycles. The molecule has 0 spiro atoms. The van der Waals surface area contributed by atoms with Crippen LogP contribution < -0.4 is 0 Å². The Morgan fingerprint density at radius 3 is 2.50 bits per heavy atom. The molecule has 2 heterocycles. The zero-order valence-corrected chi connectivity index (χ0v) is 15.1. The summed E-state index contributed by atoms with van der Waals surface area (Å²) in [4.78, 5) is 9.81. The smallest absolute Gasteiger partial charge is 0.205 e. The summed E-state index contributed by atoms with van der Waals surface area (Å²) in [6.45, 7) is 2.01. The molecule has 5 heteroatoms. The van der Waals surface area contributed by atoms with Crippen LogP contribution in [0.25, 0.3) is 23.3 Å². The maximum absolute atomic E-state index is 12.8. The van der Waals surface area contributed by atoms with Crippen molar-refractivity contribution in [3.63, 3.8) is 0 Å². The molecule has 4 aromatic rings. The topological polar surface area (TPSA) is 53.8 Å². The number of aromatic nitrogens is 3. The van der Waals surface area contributed by atoms with Gasteiger partial charge in [0.15, 0.2) is 4.90 Å². The Balaban J connectivity index is 1.63. The van der Waals surface area contributed by atoms with Gasteiger partial charge in [0.2, 0.25) is 5.65 Å². The molecule has 0 aliphatic rings. The summed E-state index contributed by atoms with van der Waals surface area (Å²) in [5, 5.41) is 0. The zero-order chi connectivity index (χ0) is 17.9. The van der Waals surface area contributed by atoms with Crippen LogP contribution in [0.5, 0.6) is 0 Å². The standard InChI is InChI=1S/C21H17N3OS/c1-16-7-11-19(12-8-16)26(25)24-14-13-20-21(24)22-15-18(23-20)10-9-17-5-3-2-4-6-17/h2-15H,1H3/b10-9+. The molecule has 0 amide bonds. The molecule has 0 saturated carbocycles. The van der Waals surface area contributed by atoms with Crippen LogP contribution in [0.2, 0.25) is 0 Å². The third-order valence-corrected chi connectivity index (χ3v) is 5.35. The molecule has 128 valence electrons. The summed E-state index contributed by atoms with van der Waals surface area (Å²) < 4.78 is 14.5. The zero-order valence-electron chi connectivity index (χ0n) is 14.2. The summed E-state index contributed by atoms with van der Waals surface area (Å²) in [6.07, 6.45) is 7.39. The molecule has 26 heavy (non-hydrogen) atoms. The van der Waals surface area contributed by atoms with Crippen LogP contribution in [0.1, 0.15) is 16.8 Å². The van der Waals surface area contributed by atoms with Gasteiger partial charge in [0.25, 0.3) is 0 Å². The van der Waals surface area contributed by atoms with Crippen molar-refractivity contribution in [1.29, 1.82) is 0 Å². The van der Waals surface area contributed by atoms with E-state index in [4.69, 9.17) is 0 Å². The van der Waals surface area contributed by atoms with E-state index < -0.39 is 11.4 Å². The number of fused-ring (bicyclic) bond motifs is 1. The van der Waals surface area contributed by atoms with E-state index in [1.165, 1.54) is 0 Å². The third kappa shape index (κ3) is 3.40. The molecule has 1 unspecified atom stereocenters. The van der Waals surface area contributed by atoms with Crippen LogP contribution in [0.4, 0.5) is 0 Å². The number of rotatable bonds is 4. The number of aryl methyl sites for hydroxylation is 1. The van der Waals surface area contributed by atoms with Crippen LogP contribution in [-0.2, 0) is 11.4 Å². The summed E-state index contributed by atoms with van der Waals surface area (Å²) in [7, 11) is 0. The molecule has 2 aromatic carbocycles. The van der Waals surface area contributed by atoms with Gasteiger partial charge in [-0.2, -0.15) is 0 Å². The van der Waals surface area contributed by atoms with Gasteiger partial charge >= 0.3 is 0 Å². The summed E-state index contributed by atoms with van der Waals surface area (Å²) in [5.41, 5.74) is 4.34. The first-order chi connectivity index (χ1) is 12.7. The second-order valence-corrected chi connectivity index (χ2v) is 7.31. The van der Waals surface area contributed by atoms with E-state index in [9.17, 15) is 4.55 Å². The van der Waals surface area contributed by atoms with E-state index in [1.807, 2.05) is 79.7 Å². The van der Waals surface area contributed by atoms with Gasteiger partial charge < -0.3 is 4.55 Å². The van der Waals surface area contributed by atoms with Crippen molar-refractivity contribution in [1.82, 2.24) is 13.9 Å². The predicted octanol–water partition coefficient (Wildman–Crippen LogP) is 4.48. The normalized spacial score (nSPS) is 12.7. The van der Waals surface area contributed by atoms with Crippen molar-refractivity contribution in [3.05, 3.63) is 89.9 Å². The largest absolute Gasteiger partial charge is 0.587 e. The van der Waals surface area contributed by atoms with Gasteiger partial charge in [-0.3, -0.25) is 0 Å². The van der Waals surface area contributed by atoms with Crippen molar-refractivity contribution in [2.24, 2.45) is 0 Å². The fourth-order valence-electron chi connectivity index (χ4n) is 2.63. The molecule has 0 radical (unpaired) electrons. The maximum atomic E-state index is 12.8. The van der Waals surface area contributed by atoms with Crippen molar-refractivity contribution in [2.75, 3.05) is 0 Å². The Morgan fingerprint density at radius 1 is 0.962 bits per heavy atom. The maximum Gasteiger partial charge on any atom is 0.205 e. The molecular formula is C21H17N3OS. The highest BCUT2D eigenvalue weighted by atomic mass is 32.2. The second kappa shape index (κ2) is 7.15. The summed E-state index contributed by atoms with van der Waals surface area (Å²) in [6, 6.07) is 19.5. The first kappa shape index (κ1) is 16.6. The van der Waals surface area contributed by atoms with Gasteiger partial charge in [0.05, 0.1) is 18.1 Å². The highest BCUT2D eigenvalue weighted by Crippen LogP contribution is 2.20. The average Bonchev–Trinajstić information content (AvgIpc) is 3.10. The van der Waals surface area contributed by atoms with E-state index >= 15 is 0 Å². The Hall–Kier alpha value is -2.89. The van der Waals surface area contributed by atoms with E-state index in [2.05, 4.69) is 9.97 Å². The molecule has 2 aromatic heterocycles. The molecule has 0 N–H and O–H groups in total. The minimum absolute atomic E-state index is 0.612. The molecule has 0 fully saturated rings. The fraction of sp³-hybridized carbons (Fsp3) is 0.0476.